The van der Waals surface area contributed by atoms with Crippen LogP contribution in [0.25, 0.3) is 0 Å². The zero-order valence-electron chi connectivity index (χ0n) is 15.5. The zero-order valence-corrected chi connectivity index (χ0v) is 15.5. The number of carbonyl (C=O) groups is 2. The molecule has 0 aliphatic carbocycles. The lowest BCUT2D eigenvalue weighted by Crippen LogP contribution is -2.22. The summed E-state index contributed by atoms with van der Waals surface area (Å²) in [6.07, 6.45) is 0. The Balaban J connectivity index is 1.60. The van der Waals surface area contributed by atoms with Crippen LogP contribution in [0.4, 0.5) is 5.69 Å². The fourth-order valence-electron chi connectivity index (χ4n) is 2.73. The fraction of sp³-hybridized carbons (Fsp3) is 0.130. The molecule has 0 bridgehead atoms. The number of rotatable bonds is 5. The molecule has 0 saturated carbocycles. The van der Waals surface area contributed by atoms with Crippen molar-refractivity contribution in [3.05, 3.63) is 101 Å². The van der Waals surface area contributed by atoms with Crippen molar-refractivity contribution in [2.24, 2.45) is 0 Å². The Morgan fingerprint density at radius 3 is 2.11 bits per heavy atom. The highest BCUT2D eigenvalue weighted by molar-refractivity contribution is 6.04. The average molecular weight is 358 g/mol. The molecule has 0 spiro atoms. The van der Waals surface area contributed by atoms with Gasteiger partial charge in [0.2, 0.25) is 0 Å². The van der Waals surface area contributed by atoms with Gasteiger partial charge < -0.3 is 10.6 Å². The Morgan fingerprint density at radius 1 is 0.741 bits per heavy atom. The highest BCUT2D eigenvalue weighted by Crippen LogP contribution is 2.19. The molecular formula is C23H22N2O2. The second kappa shape index (κ2) is 8.32. The third kappa shape index (κ3) is 4.61. The van der Waals surface area contributed by atoms with E-state index in [2.05, 4.69) is 10.6 Å². The van der Waals surface area contributed by atoms with Gasteiger partial charge >= 0.3 is 0 Å². The van der Waals surface area contributed by atoms with Crippen molar-refractivity contribution in [2.45, 2.75) is 20.4 Å². The molecule has 3 aromatic carbocycles. The number of benzene rings is 3. The van der Waals surface area contributed by atoms with Crippen LogP contribution in [-0.4, -0.2) is 11.8 Å². The summed E-state index contributed by atoms with van der Waals surface area (Å²) in [5, 5.41) is 5.83. The predicted octanol–water partition coefficient (Wildman–Crippen LogP) is 4.49. The Kier molecular flexibility index (Phi) is 5.67. The van der Waals surface area contributed by atoms with E-state index in [9.17, 15) is 9.59 Å². The van der Waals surface area contributed by atoms with Gasteiger partial charge in [0.25, 0.3) is 11.8 Å². The summed E-state index contributed by atoms with van der Waals surface area (Å²) in [6, 6.07) is 22.2. The third-order valence-corrected chi connectivity index (χ3v) is 4.56. The molecule has 0 aromatic heterocycles. The molecule has 0 aliphatic heterocycles. The molecule has 0 fully saturated rings. The van der Waals surface area contributed by atoms with Gasteiger partial charge in [-0.1, -0.05) is 42.5 Å². The third-order valence-electron chi connectivity index (χ3n) is 4.56. The minimum Gasteiger partial charge on any atom is -0.348 e. The molecule has 2 amide bonds. The van der Waals surface area contributed by atoms with Crippen LogP contribution < -0.4 is 10.6 Å². The number of hydrogen-bond acceptors (Lipinski definition) is 2. The average Bonchev–Trinajstić information content (AvgIpc) is 2.70. The van der Waals surface area contributed by atoms with Gasteiger partial charge in [-0.15, -0.1) is 0 Å². The van der Waals surface area contributed by atoms with Crippen molar-refractivity contribution < 1.29 is 9.59 Å². The lowest BCUT2D eigenvalue weighted by atomic mass is 10.1. The normalized spacial score (nSPS) is 10.3. The first-order valence-electron chi connectivity index (χ1n) is 8.84. The highest BCUT2D eigenvalue weighted by Gasteiger charge is 2.09. The molecule has 4 heteroatoms. The quantitative estimate of drug-likeness (QED) is 0.706. The molecule has 3 aromatic rings. The van der Waals surface area contributed by atoms with E-state index in [1.165, 1.54) is 0 Å². The summed E-state index contributed by atoms with van der Waals surface area (Å²) in [5.41, 5.74) is 5.15. The van der Waals surface area contributed by atoms with Gasteiger partial charge in [0, 0.05) is 23.4 Å². The summed E-state index contributed by atoms with van der Waals surface area (Å²) in [4.78, 5) is 24.5. The molecule has 3 rings (SSSR count). The number of nitrogens with one attached hydrogen (secondary N) is 2. The molecule has 0 radical (unpaired) electrons. The lowest BCUT2D eigenvalue weighted by molar-refractivity contribution is 0.0949. The fourth-order valence-corrected chi connectivity index (χ4v) is 2.73. The maximum absolute atomic E-state index is 12.5. The van der Waals surface area contributed by atoms with Crippen LogP contribution in [0.15, 0.2) is 72.8 Å². The van der Waals surface area contributed by atoms with Gasteiger partial charge in [0.1, 0.15) is 0 Å². The summed E-state index contributed by atoms with van der Waals surface area (Å²) >= 11 is 0. The number of amides is 2. The Morgan fingerprint density at radius 2 is 1.41 bits per heavy atom. The van der Waals surface area contributed by atoms with Crippen molar-refractivity contribution >= 4 is 17.5 Å². The van der Waals surface area contributed by atoms with E-state index in [0.717, 1.165) is 22.4 Å². The van der Waals surface area contributed by atoms with E-state index in [-0.39, 0.29) is 11.8 Å². The van der Waals surface area contributed by atoms with Gasteiger partial charge in [-0.2, -0.15) is 0 Å². The molecule has 27 heavy (non-hydrogen) atoms. The Bertz CT molecular complexity index is 948. The van der Waals surface area contributed by atoms with Gasteiger partial charge in [0.05, 0.1) is 0 Å². The van der Waals surface area contributed by atoms with Crippen LogP contribution in [0.1, 0.15) is 37.4 Å². The first-order chi connectivity index (χ1) is 13.0. The number of anilines is 1. The van der Waals surface area contributed by atoms with Crippen LogP contribution in [0, 0.1) is 13.8 Å². The molecule has 0 unspecified atom stereocenters. The molecular weight excluding hydrogens is 336 g/mol. The lowest BCUT2D eigenvalue weighted by Gasteiger charge is -2.11. The monoisotopic (exact) mass is 358 g/mol. The Labute approximate surface area is 159 Å². The van der Waals surface area contributed by atoms with E-state index in [1.807, 2.05) is 62.4 Å². The number of carbonyl (C=O) groups excluding carboxylic acids is 2. The molecule has 0 saturated heterocycles. The van der Waals surface area contributed by atoms with Gasteiger partial charge in [0.15, 0.2) is 0 Å². The summed E-state index contributed by atoms with van der Waals surface area (Å²) in [7, 11) is 0. The number of hydrogen-bond donors (Lipinski definition) is 2. The summed E-state index contributed by atoms with van der Waals surface area (Å²) < 4.78 is 0. The van der Waals surface area contributed by atoms with Crippen LogP contribution >= 0.6 is 0 Å². The van der Waals surface area contributed by atoms with Gasteiger partial charge in [-0.05, 0) is 60.9 Å². The van der Waals surface area contributed by atoms with E-state index < -0.39 is 0 Å². The van der Waals surface area contributed by atoms with Crippen molar-refractivity contribution in [2.75, 3.05) is 5.32 Å². The second-order valence-electron chi connectivity index (χ2n) is 6.45. The number of aryl methyl sites for hydroxylation is 1. The summed E-state index contributed by atoms with van der Waals surface area (Å²) in [6.45, 7) is 4.42. The topological polar surface area (TPSA) is 58.2 Å². The largest absolute Gasteiger partial charge is 0.348 e. The molecule has 136 valence electrons. The smallest absolute Gasteiger partial charge is 0.255 e. The second-order valence-corrected chi connectivity index (χ2v) is 6.45. The SMILES string of the molecule is Cc1cccc(NC(=O)c2ccc(CNC(=O)c3ccccc3)cc2)c1C. The molecule has 0 heterocycles. The van der Waals surface area contributed by atoms with Crippen molar-refractivity contribution in [1.29, 1.82) is 0 Å². The maximum atomic E-state index is 12.5. The van der Waals surface area contributed by atoms with Crippen LogP contribution in [0.2, 0.25) is 0 Å². The minimum absolute atomic E-state index is 0.118. The molecule has 0 atom stereocenters. The standard InChI is InChI=1S/C23H22N2O2/c1-16-7-6-10-21(17(16)2)25-23(27)20-13-11-18(12-14-20)15-24-22(26)19-8-4-3-5-9-19/h3-14H,15H2,1-2H3,(H,24,26)(H,25,27). The van der Waals surface area contributed by atoms with E-state index in [0.29, 0.717) is 17.7 Å². The van der Waals surface area contributed by atoms with Crippen LogP contribution in [-0.2, 0) is 6.54 Å². The minimum atomic E-state index is -0.149. The predicted molar refractivity (Wildman–Crippen MR) is 108 cm³/mol. The first-order valence-corrected chi connectivity index (χ1v) is 8.84. The van der Waals surface area contributed by atoms with E-state index >= 15 is 0 Å². The van der Waals surface area contributed by atoms with Crippen molar-refractivity contribution in [1.82, 2.24) is 5.32 Å². The van der Waals surface area contributed by atoms with Gasteiger partial charge in [-0.25, -0.2) is 0 Å². The van der Waals surface area contributed by atoms with E-state index in [4.69, 9.17) is 0 Å². The van der Waals surface area contributed by atoms with Crippen molar-refractivity contribution in [3.63, 3.8) is 0 Å². The van der Waals surface area contributed by atoms with Crippen LogP contribution in [0.5, 0.6) is 0 Å². The maximum Gasteiger partial charge on any atom is 0.255 e. The molecule has 2 N–H and O–H groups in total. The van der Waals surface area contributed by atoms with E-state index in [1.54, 1.807) is 24.3 Å². The molecule has 0 aliphatic rings. The van der Waals surface area contributed by atoms with Crippen LogP contribution in [0.3, 0.4) is 0 Å². The summed E-state index contributed by atoms with van der Waals surface area (Å²) in [5.74, 6) is -0.268. The first kappa shape index (κ1) is 18.4. The van der Waals surface area contributed by atoms with Crippen molar-refractivity contribution in [3.8, 4) is 0 Å². The zero-order chi connectivity index (χ0) is 19.2. The molecule has 4 nitrogen and oxygen atoms in total. The van der Waals surface area contributed by atoms with Gasteiger partial charge in [-0.3, -0.25) is 9.59 Å². The highest BCUT2D eigenvalue weighted by atomic mass is 16.2. The Hall–Kier alpha value is -3.40.